The molecule has 0 aromatic heterocycles. The van der Waals surface area contributed by atoms with Gasteiger partial charge in [-0.1, -0.05) is 34.1 Å². The van der Waals surface area contributed by atoms with E-state index in [1.165, 1.54) is 5.56 Å². The summed E-state index contributed by atoms with van der Waals surface area (Å²) >= 11 is 3.55. The molecule has 0 aliphatic heterocycles. The zero-order valence-electron chi connectivity index (χ0n) is 12.5. The van der Waals surface area contributed by atoms with Gasteiger partial charge >= 0.3 is 0 Å². The first-order chi connectivity index (χ1) is 10.2. The largest absolute Gasteiger partial charge is 0.354 e. The summed E-state index contributed by atoms with van der Waals surface area (Å²) < 4.78 is 23.3. The molecule has 3 N–H and O–H groups in total. The first-order valence-corrected chi connectivity index (χ1v) is 10.0. The van der Waals surface area contributed by atoms with Gasteiger partial charge in [0.05, 0.1) is 11.8 Å². The van der Waals surface area contributed by atoms with Crippen LogP contribution in [0.5, 0.6) is 0 Å². The molecule has 0 bridgehead atoms. The highest BCUT2D eigenvalue weighted by Gasteiger charge is 2.45. The van der Waals surface area contributed by atoms with E-state index < -0.39 is 15.9 Å². The van der Waals surface area contributed by atoms with Gasteiger partial charge in [0, 0.05) is 22.7 Å². The third kappa shape index (κ3) is 4.54. The number of hydrogen-bond donors (Lipinski definition) is 2. The van der Waals surface area contributed by atoms with Gasteiger partial charge in [0.2, 0.25) is 5.91 Å². The van der Waals surface area contributed by atoms with Crippen LogP contribution in [0.25, 0.3) is 0 Å². The maximum Gasteiger partial charge on any atom is 0.236 e. The fourth-order valence-corrected chi connectivity index (χ4v) is 3.83. The molecule has 7 heteroatoms. The quantitative estimate of drug-likeness (QED) is 0.737. The average Bonchev–Trinajstić information content (AvgIpc) is 3.23. The van der Waals surface area contributed by atoms with Crippen LogP contribution in [-0.4, -0.2) is 38.9 Å². The Bertz CT molecular complexity index is 657. The normalized spacial score (nSPS) is 17.8. The van der Waals surface area contributed by atoms with Crippen molar-refractivity contribution in [3.63, 3.8) is 0 Å². The smallest absolute Gasteiger partial charge is 0.236 e. The van der Waals surface area contributed by atoms with Gasteiger partial charge in [-0.2, -0.15) is 0 Å². The molecule has 1 fully saturated rings. The summed E-state index contributed by atoms with van der Waals surface area (Å²) in [5.74, 6) is -0.362. The highest BCUT2D eigenvalue weighted by atomic mass is 79.9. The van der Waals surface area contributed by atoms with E-state index in [9.17, 15) is 13.2 Å². The van der Waals surface area contributed by atoms with Crippen molar-refractivity contribution in [1.82, 2.24) is 5.32 Å². The monoisotopic (exact) mass is 388 g/mol. The van der Waals surface area contributed by atoms with Crippen LogP contribution in [0.1, 0.15) is 24.8 Å². The number of halogens is 1. The second-order valence-electron chi connectivity index (χ2n) is 6.00. The van der Waals surface area contributed by atoms with Crippen molar-refractivity contribution in [2.75, 3.05) is 18.6 Å². The Morgan fingerprint density at radius 1 is 1.41 bits per heavy atom. The molecule has 2 rings (SSSR count). The minimum Gasteiger partial charge on any atom is -0.354 e. The van der Waals surface area contributed by atoms with E-state index in [2.05, 4.69) is 27.3 Å². The fraction of sp³-hybridized carbons (Fsp3) is 0.533. The molecule has 5 nitrogen and oxygen atoms in total. The predicted molar refractivity (Wildman–Crippen MR) is 90.4 cm³/mol. The minimum atomic E-state index is -3.10. The van der Waals surface area contributed by atoms with E-state index in [1.807, 2.05) is 18.2 Å². The van der Waals surface area contributed by atoms with E-state index in [0.29, 0.717) is 6.54 Å². The number of nitrogens with one attached hydrogen (secondary N) is 1. The Kier molecular flexibility index (Phi) is 5.29. The molecular formula is C15H21BrN2O3S. The number of carbonyl (C=O) groups excluding carboxylic acids is 1. The van der Waals surface area contributed by atoms with Crippen LogP contribution in [0.4, 0.5) is 0 Å². The number of amides is 1. The highest BCUT2D eigenvalue weighted by Crippen LogP contribution is 2.49. The van der Waals surface area contributed by atoms with Gasteiger partial charge in [-0.15, -0.1) is 0 Å². The summed E-state index contributed by atoms with van der Waals surface area (Å²) in [5.41, 5.74) is 6.93. The zero-order valence-corrected chi connectivity index (χ0v) is 14.9. The summed E-state index contributed by atoms with van der Waals surface area (Å²) in [7, 11) is -3.10. The van der Waals surface area contributed by atoms with Crippen LogP contribution >= 0.6 is 15.9 Å². The van der Waals surface area contributed by atoms with Crippen molar-refractivity contribution in [1.29, 1.82) is 0 Å². The predicted octanol–water partition coefficient (Wildman–Crippen LogP) is 1.36. The second-order valence-corrected chi connectivity index (χ2v) is 9.12. The molecular weight excluding hydrogens is 368 g/mol. The number of hydrogen-bond acceptors (Lipinski definition) is 4. The summed E-state index contributed by atoms with van der Waals surface area (Å²) in [6.07, 6.45) is 3.33. The molecule has 1 aromatic rings. The van der Waals surface area contributed by atoms with Gasteiger partial charge in [0.25, 0.3) is 0 Å². The van der Waals surface area contributed by atoms with Crippen molar-refractivity contribution >= 4 is 31.7 Å². The second kappa shape index (κ2) is 6.68. The molecule has 1 amide bonds. The Labute approximate surface area is 139 Å². The summed E-state index contributed by atoms with van der Waals surface area (Å²) in [6, 6.07) is 7.22. The van der Waals surface area contributed by atoms with Gasteiger partial charge in [-0.05, 0) is 30.9 Å². The highest BCUT2D eigenvalue weighted by molar-refractivity contribution is 9.10. The number of nitrogens with two attached hydrogens (primary N) is 1. The Hall–Kier alpha value is -0.920. The lowest BCUT2D eigenvalue weighted by molar-refractivity contribution is -0.122. The standard InChI is InChI=1S/C15H21BrN2O3S/c1-22(20,21)9-6-13(17)14(19)18-10-15(7-8-15)11-4-2-3-5-12(11)16/h2-5,13H,6-10,17H2,1H3,(H,18,19). The fourth-order valence-electron chi connectivity index (χ4n) is 2.44. The van der Waals surface area contributed by atoms with Gasteiger partial charge in [0.1, 0.15) is 9.84 Å². The number of rotatable bonds is 7. The van der Waals surface area contributed by atoms with Crippen molar-refractivity contribution in [2.24, 2.45) is 5.73 Å². The van der Waals surface area contributed by atoms with Crippen molar-refractivity contribution in [3.05, 3.63) is 34.3 Å². The first kappa shape index (κ1) is 17.4. The molecule has 1 saturated carbocycles. The van der Waals surface area contributed by atoms with Crippen molar-refractivity contribution in [3.8, 4) is 0 Å². The van der Waals surface area contributed by atoms with E-state index in [1.54, 1.807) is 0 Å². The van der Waals surface area contributed by atoms with Crippen LogP contribution in [-0.2, 0) is 20.0 Å². The zero-order chi connectivity index (χ0) is 16.4. The van der Waals surface area contributed by atoms with Crippen LogP contribution in [0.3, 0.4) is 0 Å². The van der Waals surface area contributed by atoms with E-state index in [-0.39, 0.29) is 23.5 Å². The summed E-state index contributed by atoms with van der Waals surface area (Å²) in [5, 5.41) is 2.87. The molecule has 0 spiro atoms. The summed E-state index contributed by atoms with van der Waals surface area (Å²) in [6.45, 7) is 0.529. The Balaban J connectivity index is 1.90. The van der Waals surface area contributed by atoms with E-state index in [4.69, 9.17) is 5.73 Å². The van der Waals surface area contributed by atoms with Gasteiger partial charge in [-0.3, -0.25) is 4.79 Å². The average molecular weight is 389 g/mol. The SMILES string of the molecule is CS(=O)(=O)CCC(N)C(=O)NCC1(c2ccccc2Br)CC1. The maximum atomic E-state index is 12.0. The third-order valence-corrected chi connectivity index (χ3v) is 5.70. The molecule has 1 aromatic carbocycles. The number of benzene rings is 1. The lowest BCUT2D eigenvalue weighted by atomic mass is 9.96. The van der Waals surface area contributed by atoms with Crippen LogP contribution in [0.2, 0.25) is 0 Å². The van der Waals surface area contributed by atoms with Crippen LogP contribution in [0.15, 0.2) is 28.7 Å². The number of sulfone groups is 1. The maximum absolute atomic E-state index is 12.0. The van der Waals surface area contributed by atoms with Crippen LogP contribution in [0, 0.1) is 0 Å². The van der Waals surface area contributed by atoms with E-state index in [0.717, 1.165) is 23.6 Å². The molecule has 1 aliphatic rings. The lowest BCUT2D eigenvalue weighted by Crippen LogP contribution is -2.44. The van der Waals surface area contributed by atoms with Crippen molar-refractivity contribution < 1.29 is 13.2 Å². The van der Waals surface area contributed by atoms with Crippen molar-refractivity contribution in [2.45, 2.75) is 30.7 Å². The topological polar surface area (TPSA) is 89.3 Å². The van der Waals surface area contributed by atoms with E-state index >= 15 is 0 Å². The first-order valence-electron chi connectivity index (χ1n) is 7.20. The van der Waals surface area contributed by atoms with Gasteiger partial charge < -0.3 is 11.1 Å². The molecule has 1 aliphatic carbocycles. The molecule has 122 valence electrons. The lowest BCUT2D eigenvalue weighted by Gasteiger charge is -2.19. The molecule has 1 atom stereocenters. The minimum absolute atomic E-state index is 0.0215. The van der Waals surface area contributed by atoms with Gasteiger partial charge in [-0.25, -0.2) is 8.42 Å². The van der Waals surface area contributed by atoms with Gasteiger partial charge in [0.15, 0.2) is 0 Å². The molecule has 1 unspecified atom stereocenters. The molecule has 0 saturated heterocycles. The molecule has 0 radical (unpaired) electrons. The Morgan fingerprint density at radius 2 is 2.05 bits per heavy atom. The number of carbonyl (C=O) groups is 1. The Morgan fingerprint density at radius 3 is 2.59 bits per heavy atom. The van der Waals surface area contributed by atoms with Crippen LogP contribution < -0.4 is 11.1 Å². The third-order valence-electron chi connectivity index (χ3n) is 4.04. The molecule has 22 heavy (non-hydrogen) atoms. The summed E-state index contributed by atoms with van der Waals surface area (Å²) in [4.78, 5) is 12.0. The molecule has 0 heterocycles.